The lowest BCUT2D eigenvalue weighted by Gasteiger charge is -2.10. The molecule has 1 amide bonds. The highest BCUT2D eigenvalue weighted by atomic mass is 79.9. The van der Waals surface area contributed by atoms with Crippen molar-refractivity contribution in [2.45, 2.75) is 26.7 Å². The quantitative estimate of drug-likeness (QED) is 0.847. The number of carbonyl (C=O) groups is 1. The predicted molar refractivity (Wildman–Crippen MR) is 78.4 cm³/mol. The first-order valence-corrected chi connectivity index (χ1v) is 7.04. The van der Waals surface area contributed by atoms with Crippen LogP contribution in [0.5, 0.6) is 0 Å². The average Bonchev–Trinajstić information content (AvgIpc) is 2.37. The van der Waals surface area contributed by atoms with E-state index in [4.69, 9.17) is 5.73 Å². The van der Waals surface area contributed by atoms with Gasteiger partial charge in [-0.15, -0.1) is 0 Å². The molecule has 3 N–H and O–H groups in total. The molecule has 3 nitrogen and oxygen atoms in total. The molecule has 0 radical (unpaired) electrons. The van der Waals surface area contributed by atoms with Gasteiger partial charge in [0.2, 0.25) is 5.91 Å². The number of hydrogen-bond donors (Lipinski definition) is 2. The minimum Gasteiger partial charge on any atom is -0.356 e. The summed E-state index contributed by atoms with van der Waals surface area (Å²) in [5, 5.41) is 2.90. The zero-order valence-corrected chi connectivity index (χ0v) is 12.6. The Balaban J connectivity index is 2.36. The van der Waals surface area contributed by atoms with Crippen LogP contribution in [0.25, 0.3) is 0 Å². The van der Waals surface area contributed by atoms with Gasteiger partial charge in [-0.2, -0.15) is 0 Å². The van der Waals surface area contributed by atoms with Gasteiger partial charge in [0.15, 0.2) is 0 Å². The standard InChI is InChI=1S/C14H21BrN2O/c1-10(8-16)9-17-14(18)6-4-12-3-5-13(15)11(2)7-12/h3,5,7,10H,4,6,8-9,16H2,1-2H3,(H,17,18). The second-order valence-corrected chi connectivity index (χ2v) is 5.58. The van der Waals surface area contributed by atoms with Crippen molar-refractivity contribution in [2.75, 3.05) is 13.1 Å². The predicted octanol–water partition coefficient (Wildman–Crippen LogP) is 2.40. The SMILES string of the molecule is Cc1cc(CCC(=O)NCC(C)CN)ccc1Br. The highest BCUT2D eigenvalue weighted by Crippen LogP contribution is 2.17. The molecule has 1 rings (SSSR count). The van der Waals surface area contributed by atoms with Crippen LogP contribution < -0.4 is 11.1 Å². The Morgan fingerprint density at radius 3 is 2.83 bits per heavy atom. The number of nitrogens with two attached hydrogens (primary N) is 1. The van der Waals surface area contributed by atoms with Crippen molar-refractivity contribution in [3.05, 3.63) is 33.8 Å². The third-order valence-electron chi connectivity index (χ3n) is 2.91. The summed E-state index contributed by atoms with van der Waals surface area (Å²) < 4.78 is 1.10. The average molecular weight is 313 g/mol. The first-order chi connectivity index (χ1) is 8.52. The van der Waals surface area contributed by atoms with Gasteiger partial charge in [0.25, 0.3) is 0 Å². The molecule has 0 bridgehead atoms. The maximum absolute atomic E-state index is 11.6. The van der Waals surface area contributed by atoms with Crippen molar-refractivity contribution in [2.24, 2.45) is 11.7 Å². The van der Waals surface area contributed by atoms with Gasteiger partial charge in [-0.1, -0.05) is 35.0 Å². The Hall–Kier alpha value is -0.870. The van der Waals surface area contributed by atoms with E-state index < -0.39 is 0 Å². The number of hydrogen-bond acceptors (Lipinski definition) is 2. The van der Waals surface area contributed by atoms with Crippen molar-refractivity contribution in [3.8, 4) is 0 Å². The van der Waals surface area contributed by atoms with Gasteiger partial charge in [0.05, 0.1) is 0 Å². The summed E-state index contributed by atoms with van der Waals surface area (Å²) in [7, 11) is 0. The topological polar surface area (TPSA) is 55.1 Å². The lowest BCUT2D eigenvalue weighted by molar-refractivity contribution is -0.121. The molecular formula is C14H21BrN2O. The van der Waals surface area contributed by atoms with Crippen LogP contribution in [0.3, 0.4) is 0 Å². The first-order valence-electron chi connectivity index (χ1n) is 6.24. The largest absolute Gasteiger partial charge is 0.356 e. The molecule has 0 saturated heterocycles. The molecule has 0 aromatic heterocycles. The van der Waals surface area contributed by atoms with Crippen molar-refractivity contribution >= 4 is 21.8 Å². The van der Waals surface area contributed by atoms with E-state index in [1.807, 2.05) is 19.1 Å². The molecule has 0 aliphatic heterocycles. The monoisotopic (exact) mass is 312 g/mol. The number of aryl methyl sites for hydroxylation is 2. The second-order valence-electron chi connectivity index (χ2n) is 4.73. The fourth-order valence-electron chi connectivity index (χ4n) is 1.58. The molecule has 0 aliphatic rings. The molecule has 100 valence electrons. The summed E-state index contributed by atoms with van der Waals surface area (Å²) in [6, 6.07) is 6.19. The Labute approximate surface area is 117 Å². The van der Waals surface area contributed by atoms with E-state index >= 15 is 0 Å². The highest BCUT2D eigenvalue weighted by Gasteiger charge is 2.05. The van der Waals surface area contributed by atoms with E-state index in [1.165, 1.54) is 11.1 Å². The van der Waals surface area contributed by atoms with Crippen LogP contribution in [0.1, 0.15) is 24.5 Å². The Kier molecular flexibility index (Phi) is 6.36. The first kappa shape index (κ1) is 15.2. The molecule has 0 aliphatic carbocycles. The Morgan fingerprint density at radius 1 is 1.50 bits per heavy atom. The van der Waals surface area contributed by atoms with E-state index in [0.717, 1.165) is 10.9 Å². The van der Waals surface area contributed by atoms with E-state index in [-0.39, 0.29) is 5.91 Å². The van der Waals surface area contributed by atoms with Gasteiger partial charge in [-0.25, -0.2) is 0 Å². The van der Waals surface area contributed by atoms with Gasteiger partial charge >= 0.3 is 0 Å². The van der Waals surface area contributed by atoms with Gasteiger partial charge in [0.1, 0.15) is 0 Å². The Morgan fingerprint density at radius 2 is 2.22 bits per heavy atom. The third kappa shape index (κ3) is 5.19. The summed E-state index contributed by atoms with van der Waals surface area (Å²) >= 11 is 3.47. The molecular weight excluding hydrogens is 292 g/mol. The molecule has 18 heavy (non-hydrogen) atoms. The van der Waals surface area contributed by atoms with Crippen molar-refractivity contribution in [1.82, 2.24) is 5.32 Å². The third-order valence-corrected chi connectivity index (χ3v) is 3.80. The number of amides is 1. The van der Waals surface area contributed by atoms with Crippen molar-refractivity contribution in [3.63, 3.8) is 0 Å². The highest BCUT2D eigenvalue weighted by molar-refractivity contribution is 9.10. The molecule has 0 fully saturated rings. The summed E-state index contributed by atoms with van der Waals surface area (Å²) in [5.41, 5.74) is 7.89. The Bertz CT molecular complexity index is 407. The minimum atomic E-state index is 0.0934. The van der Waals surface area contributed by atoms with E-state index in [1.54, 1.807) is 0 Å². The van der Waals surface area contributed by atoms with Crippen LogP contribution in [0.2, 0.25) is 0 Å². The van der Waals surface area contributed by atoms with E-state index in [2.05, 4.69) is 34.2 Å². The number of benzene rings is 1. The molecule has 4 heteroatoms. The molecule has 0 saturated carbocycles. The summed E-state index contributed by atoms with van der Waals surface area (Å²) in [4.78, 5) is 11.6. The van der Waals surface area contributed by atoms with Crippen LogP contribution in [0.4, 0.5) is 0 Å². The summed E-state index contributed by atoms with van der Waals surface area (Å²) in [5.74, 6) is 0.430. The maximum Gasteiger partial charge on any atom is 0.220 e. The van der Waals surface area contributed by atoms with Gasteiger partial charge in [-0.05, 0) is 43.0 Å². The number of halogens is 1. The molecule has 1 aromatic rings. The minimum absolute atomic E-state index is 0.0934. The molecule has 0 heterocycles. The number of rotatable bonds is 6. The lowest BCUT2D eigenvalue weighted by atomic mass is 10.1. The molecule has 0 spiro atoms. The van der Waals surface area contributed by atoms with Crippen molar-refractivity contribution in [1.29, 1.82) is 0 Å². The summed E-state index contributed by atoms with van der Waals surface area (Å²) in [6.07, 6.45) is 1.30. The van der Waals surface area contributed by atoms with Crippen LogP contribution >= 0.6 is 15.9 Å². The van der Waals surface area contributed by atoms with Gasteiger partial charge < -0.3 is 11.1 Å². The maximum atomic E-state index is 11.6. The van der Waals surface area contributed by atoms with E-state index in [9.17, 15) is 4.79 Å². The summed E-state index contributed by atoms with van der Waals surface area (Å²) in [6.45, 7) is 5.34. The van der Waals surface area contributed by atoms with Gasteiger partial charge in [0, 0.05) is 17.4 Å². The lowest BCUT2D eigenvalue weighted by Crippen LogP contribution is -2.31. The molecule has 1 atom stereocenters. The normalized spacial score (nSPS) is 12.2. The van der Waals surface area contributed by atoms with Crippen LogP contribution in [-0.2, 0) is 11.2 Å². The van der Waals surface area contributed by atoms with Crippen LogP contribution in [0.15, 0.2) is 22.7 Å². The van der Waals surface area contributed by atoms with Crippen LogP contribution in [-0.4, -0.2) is 19.0 Å². The fraction of sp³-hybridized carbons (Fsp3) is 0.500. The number of carbonyl (C=O) groups excluding carboxylic acids is 1. The van der Waals surface area contributed by atoms with E-state index in [0.29, 0.717) is 25.4 Å². The molecule has 1 aromatic carbocycles. The van der Waals surface area contributed by atoms with Gasteiger partial charge in [-0.3, -0.25) is 4.79 Å². The smallest absolute Gasteiger partial charge is 0.220 e. The second kappa shape index (κ2) is 7.54. The van der Waals surface area contributed by atoms with Crippen molar-refractivity contribution < 1.29 is 4.79 Å². The fourth-order valence-corrected chi connectivity index (χ4v) is 1.83. The number of nitrogens with one attached hydrogen (secondary N) is 1. The molecule has 1 unspecified atom stereocenters. The zero-order valence-electron chi connectivity index (χ0n) is 11.0. The zero-order chi connectivity index (χ0) is 13.5. The van der Waals surface area contributed by atoms with Crippen LogP contribution in [0, 0.1) is 12.8 Å².